The van der Waals surface area contributed by atoms with Gasteiger partial charge in [-0.1, -0.05) is 0 Å². The van der Waals surface area contributed by atoms with Crippen LogP contribution in [0.5, 0.6) is 46.0 Å². The van der Waals surface area contributed by atoms with Gasteiger partial charge in [0.15, 0.2) is 23.0 Å². The molecule has 0 radical (unpaired) electrons. The number of rotatable bonds is 0. The van der Waals surface area contributed by atoms with Crippen LogP contribution in [0.1, 0.15) is 0 Å². The maximum atomic E-state index is 9.50. The van der Waals surface area contributed by atoms with Gasteiger partial charge in [0.1, 0.15) is 0 Å². The van der Waals surface area contributed by atoms with Crippen molar-refractivity contribution in [1.29, 1.82) is 0 Å². The normalized spacial score (nSPS) is 10.9. The van der Waals surface area contributed by atoms with E-state index >= 15 is 0 Å². The Labute approximate surface area is 98.5 Å². The highest BCUT2D eigenvalue weighted by Crippen LogP contribution is 2.59. The van der Waals surface area contributed by atoms with Crippen molar-refractivity contribution in [2.24, 2.45) is 0 Å². The van der Waals surface area contributed by atoms with Gasteiger partial charge in [0, 0.05) is 0 Å². The minimum atomic E-state index is -1.15. The van der Waals surface area contributed by atoms with Gasteiger partial charge in [-0.15, -0.1) is 0 Å². The molecule has 2 rings (SSSR count). The second-order valence-corrected chi connectivity index (χ2v) is 3.54. The Morgan fingerprint density at radius 1 is 0.278 bits per heavy atom. The number of fused-ring (bicyclic) bond motifs is 1. The van der Waals surface area contributed by atoms with E-state index in [2.05, 4.69) is 0 Å². The van der Waals surface area contributed by atoms with Crippen molar-refractivity contribution in [2.75, 3.05) is 0 Å². The smallest absolute Gasteiger partial charge is 0.205 e. The number of aromatic hydroxyl groups is 8. The van der Waals surface area contributed by atoms with E-state index in [0.717, 1.165) is 0 Å². The summed E-state index contributed by atoms with van der Waals surface area (Å²) in [6, 6.07) is 0. The molecule has 2 aromatic rings. The molecule has 0 saturated carbocycles. The van der Waals surface area contributed by atoms with Crippen LogP contribution in [0, 0.1) is 0 Å². The molecule has 0 saturated heterocycles. The van der Waals surface area contributed by atoms with Gasteiger partial charge in [0.05, 0.1) is 10.8 Å². The first-order valence-corrected chi connectivity index (χ1v) is 4.54. The molecular weight excluding hydrogens is 248 g/mol. The zero-order valence-corrected chi connectivity index (χ0v) is 8.58. The van der Waals surface area contributed by atoms with Crippen molar-refractivity contribution < 1.29 is 40.9 Å². The van der Waals surface area contributed by atoms with Gasteiger partial charge in [-0.2, -0.15) is 0 Å². The summed E-state index contributed by atoms with van der Waals surface area (Å²) in [4.78, 5) is 0. The van der Waals surface area contributed by atoms with Crippen LogP contribution in [-0.2, 0) is 0 Å². The van der Waals surface area contributed by atoms with Crippen molar-refractivity contribution in [2.45, 2.75) is 0 Å². The molecule has 0 unspecified atom stereocenters. The van der Waals surface area contributed by atoms with Crippen molar-refractivity contribution >= 4 is 10.8 Å². The largest absolute Gasteiger partial charge is 0.504 e. The lowest BCUT2D eigenvalue weighted by atomic mass is 10.0. The summed E-state index contributed by atoms with van der Waals surface area (Å²) in [5, 5.41) is 73.6. The molecule has 2 aromatic carbocycles. The quantitative estimate of drug-likeness (QED) is 0.249. The van der Waals surface area contributed by atoms with Crippen LogP contribution in [0.3, 0.4) is 0 Å². The third-order valence-electron chi connectivity index (χ3n) is 2.54. The van der Waals surface area contributed by atoms with Gasteiger partial charge in [-0.05, 0) is 0 Å². The first kappa shape index (κ1) is 11.6. The molecule has 0 amide bonds. The lowest BCUT2D eigenvalue weighted by molar-refractivity contribution is 0.338. The summed E-state index contributed by atoms with van der Waals surface area (Å²) in [5.41, 5.74) is 0. The van der Waals surface area contributed by atoms with Crippen LogP contribution >= 0.6 is 0 Å². The fourth-order valence-corrected chi connectivity index (χ4v) is 1.62. The minimum Gasteiger partial charge on any atom is -0.504 e. The summed E-state index contributed by atoms with van der Waals surface area (Å²) in [6.45, 7) is 0. The topological polar surface area (TPSA) is 162 Å². The molecule has 0 aliphatic rings. The summed E-state index contributed by atoms with van der Waals surface area (Å²) in [7, 11) is 0. The summed E-state index contributed by atoms with van der Waals surface area (Å²) in [5.74, 6) is -8.93. The monoisotopic (exact) mass is 256 g/mol. The lowest BCUT2D eigenvalue weighted by Gasteiger charge is -2.13. The molecule has 0 aromatic heterocycles. The fourth-order valence-electron chi connectivity index (χ4n) is 1.62. The molecule has 0 heterocycles. The zero-order chi connectivity index (χ0) is 13.8. The molecule has 0 aliphatic heterocycles. The summed E-state index contributed by atoms with van der Waals surface area (Å²) >= 11 is 0. The Morgan fingerprint density at radius 2 is 0.444 bits per heavy atom. The Balaban J connectivity index is 3.22. The standard InChI is InChI=1S/C10H8O8/c11-3-1-2(5(13)9(17)7(3)15)6(14)10(18)8(16)4(1)12/h11-18H. The summed E-state index contributed by atoms with van der Waals surface area (Å²) < 4.78 is 0. The molecule has 0 bridgehead atoms. The molecule has 8 nitrogen and oxygen atoms in total. The van der Waals surface area contributed by atoms with E-state index in [0.29, 0.717) is 0 Å². The average molecular weight is 256 g/mol. The highest BCUT2D eigenvalue weighted by molar-refractivity contribution is 6.08. The predicted molar refractivity (Wildman–Crippen MR) is 57.3 cm³/mol. The van der Waals surface area contributed by atoms with Crippen LogP contribution in [0.4, 0.5) is 0 Å². The van der Waals surface area contributed by atoms with Crippen LogP contribution in [0.25, 0.3) is 10.8 Å². The molecule has 8 heteroatoms. The number of hydrogen-bond donors (Lipinski definition) is 8. The van der Waals surface area contributed by atoms with E-state index in [1.54, 1.807) is 0 Å². The Hall–Kier alpha value is -2.90. The summed E-state index contributed by atoms with van der Waals surface area (Å²) in [6.07, 6.45) is 0. The zero-order valence-electron chi connectivity index (χ0n) is 8.58. The third kappa shape index (κ3) is 1.14. The molecule has 18 heavy (non-hydrogen) atoms. The first-order valence-electron chi connectivity index (χ1n) is 4.54. The number of benzene rings is 2. The number of phenols is 8. The average Bonchev–Trinajstić information content (AvgIpc) is 2.35. The van der Waals surface area contributed by atoms with Gasteiger partial charge in [0.2, 0.25) is 23.0 Å². The van der Waals surface area contributed by atoms with E-state index < -0.39 is 56.8 Å². The number of hydrogen-bond acceptors (Lipinski definition) is 8. The maximum Gasteiger partial charge on any atom is 0.205 e. The fraction of sp³-hybridized carbons (Fsp3) is 0. The Morgan fingerprint density at radius 3 is 0.611 bits per heavy atom. The van der Waals surface area contributed by atoms with E-state index in [1.807, 2.05) is 0 Å². The van der Waals surface area contributed by atoms with Crippen molar-refractivity contribution in [3.05, 3.63) is 0 Å². The molecule has 0 spiro atoms. The Kier molecular flexibility index (Phi) is 2.12. The highest BCUT2D eigenvalue weighted by atomic mass is 16.4. The highest BCUT2D eigenvalue weighted by Gasteiger charge is 2.28. The predicted octanol–water partition coefficient (Wildman–Crippen LogP) is 0.485. The molecule has 0 atom stereocenters. The van der Waals surface area contributed by atoms with Crippen molar-refractivity contribution in [1.82, 2.24) is 0 Å². The van der Waals surface area contributed by atoms with Crippen molar-refractivity contribution in [3.63, 3.8) is 0 Å². The van der Waals surface area contributed by atoms with Gasteiger partial charge >= 0.3 is 0 Å². The van der Waals surface area contributed by atoms with E-state index in [1.165, 1.54) is 0 Å². The van der Waals surface area contributed by atoms with Crippen LogP contribution in [0.2, 0.25) is 0 Å². The SMILES string of the molecule is Oc1c(O)c(O)c2c(O)c(O)c(O)c(O)c2c1O. The maximum absolute atomic E-state index is 9.50. The minimum absolute atomic E-state index is 0.726. The molecule has 96 valence electrons. The van der Waals surface area contributed by atoms with E-state index in [-0.39, 0.29) is 0 Å². The van der Waals surface area contributed by atoms with E-state index in [4.69, 9.17) is 0 Å². The molecule has 0 aliphatic carbocycles. The first-order chi connectivity index (χ1) is 8.29. The van der Waals surface area contributed by atoms with E-state index in [9.17, 15) is 40.9 Å². The Bertz CT molecular complexity index is 563. The van der Waals surface area contributed by atoms with Gasteiger partial charge in [-0.25, -0.2) is 0 Å². The lowest BCUT2D eigenvalue weighted by Crippen LogP contribution is -1.84. The van der Waals surface area contributed by atoms with Gasteiger partial charge in [0.25, 0.3) is 0 Å². The molecule has 8 N–H and O–H groups in total. The third-order valence-corrected chi connectivity index (χ3v) is 2.54. The van der Waals surface area contributed by atoms with Crippen LogP contribution in [0.15, 0.2) is 0 Å². The van der Waals surface area contributed by atoms with Crippen LogP contribution < -0.4 is 0 Å². The molecule has 0 fully saturated rings. The van der Waals surface area contributed by atoms with Gasteiger partial charge in [-0.3, -0.25) is 0 Å². The second kappa shape index (κ2) is 3.29. The van der Waals surface area contributed by atoms with Crippen LogP contribution in [-0.4, -0.2) is 40.9 Å². The number of phenolic OH excluding ortho intramolecular Hbond substituents is 8. The van der Waals surface area contributed by atoms with Crippen molar-refractivity contribution in [3.8, 4) is 46.0 Å². The molecular formula is C10H8O8. The second-order valence-electron chi connectivity index (χ2n) is 3.54. The van der Waals surface area contributed by atoms with Gasteiger partial charge < -0.3 is 40.9 Å².